The molecule has 1 aliphatic heterocycles. The summed E-state index contributed by atoms with van der Waals surface area (Å²) in [6.45, 7) is 6.92. The summed E-state index contributed by atoms with van der Waals surface area (Å²) >= 11 is 0. The van der Waals surface area contributed by atoms with Crippen LogP contribution < -0.4 is 5.32 Å². The van der Waals surface area contributed by atoms with Gasteiger partial charge < -0.3 is 10.1 Å². The molecule has 29 heavy (non-hydrogen) atoms. The number of aromatic nitrogens is 3. The van der Waals surface area contributed by atoms with E-state index >= 15 is 0 Å². The molecule has 0 spiro atoms. The molecule has 1 amide bonds. The molecule has 3 heterocycles. The summed E-state index contributed by atoms with van der Waals surface area (Å²) in [5.74, 6) is 0.544. The molecule has 2 unspecified atom stereocenters. The van der Waals surface area contributed by atoms with Gasteiger partial charge in [-0.25, -0.2) is 9.67 Å². The molecule has 150 valence electrons. The molecule has 0 saturated carbocycles. The van der Waals surface area contributed by atoms with Gasteiger partial charge in [0.25, 0.3) is 5.91 Å². The lowest BCUT2D eigenvalue weighted by Gasteiger charge is -2.35. The molecule has 1 saturated heterocycles. The van der Waals surface area contributed by atoms with Gasteiger partial charge in [0.05, 0.1) is 24.1 Å². The van der Waals surface area contributed by atoms with E-state index in [1.807, 2.05) is 48.7 Å². The first-order chi connectivity index (χ1) is 14.1. The highest BCUT2D eigenvalue weighted by Gasteiger charge is 2.22. The summed E-state index contributed by atoms with van der Waals surface area (Å²) in [5, 5.41) is 7.02. The van der Waals surface area contributed by atoms with Gasteiger partial charge in [-0.3, -0.25) is 9.69 Å². The van der Waals surface area contributed by atoms with E-state index in [0.29, 0.717) is 17.1 Å². The second-order valence-electron chi connectivity index (χ2n) is 7.46. The number of rotatable bonds is 5. The van der Waals surface area contributed by atoms with Crippen LogP contribution in [0.1, 0.15) is 29.8 Å². The monoisotopic (exact) mass is 391 g/mol. The minimum absolute atomic E-state index is 0.154. The second kappa shape index (κ2) is 8.55. The topological polar surface area (TPSA) is 72.3 Å². The summed E-state index contributed by atoms with van der Waals surface area (Å²) in [6, 6.07) is 13.2. The van der Waals surface area contributed by atoms with Crippen molar-refractivity contribution in [3.05, 3.63) is 72.2 Å². The Morgan fingerprint density at radius 3 is 2.52 bits per heavy atom. The fraction of sp³-hybridized carbons (Fsp3) is 0.318. The molecule has 2 aromatic heterocycles. The van der Waals surface area contributed by atoms with Crippen molar-refractivity contribution in [3.63, 3.8) is 0 Å². The third-order valence-corrected chi connectivity index (χ3v) is 4.86. The number of amides is 1. The zero-order chi connectivity index (χ0) is 20.2. The largest absolute Gasteiger partial charge is 0.373 e. The molecule has 7 heteroatoms. The molecule has 1 fully saturated rings. The molecular weight excluding hydrogens is 366 g/mol. The van der Waals surface area contributed by atoms with Gasteiger partial charge in [-0.2, -0.15) is 5.10 Å². The van der Waals surface area contributed by atoms with Gasteiger partial charge >= 0.3 is 0 Å². The van der Waals surface area contributed by atoms with Crippen LogP contribution in [-0.4, -0.2) is 50.9 Å². The Balaban J connectivity index is 1.35. The van der Waals surface area contributed by atoms with Crippen molar-refractivity contribution in [3.8, 4) is 5.82 Å². The molecular formula is C22H25N5O2. The number of nitrogens with zero attached hydrogens (tertiary/aromatic N) is 4. The summed E-state index contributed by atoms with van der Waals surface area (Å²) < 4.78 is 7.45. The van der Waals surface area contributed by atoms with Crippen molar-refractivity contribution in [1.29, 1.82) is 0 Å². The minimum Gasteiger partial charge on any atom is -0.373 e. The Hall–Kier alpha value is -3.03. The van der Waals surface area contributed by atoms with E-state index in [2.05, 4.69) is 34.1 Å². The van der Waals surface area contributed by atoms with Crippen molar-refractivity contribution >= 4 is 11.6 Å². The molecule has 0 bridgehead atoms. The van der Waals surface area contributed by atoms with Crippen LogP contribution in [-0.2, 0) is 11.3 Å². The minimum atomic E-state index is -0.154. The number of benzene rings is 1. The number of nitrogens with one attached hydrogen (secondary N) is 1. The van der Waals surface area contributed by atoms with E-state index in [1.165, 1.54) is 5.56 Å². The zero-order valence-corrected chi connectivity index (χ0v) is 16.7. The molecule has 1 N–H and O–H groups in total. The summed E-state index contributed by atoms with van der Waals surface area (Å²) in [7, 11) is 0. The normalized spacial score (nSPS) is 19.8. The van der Waals surface area contributed by atoms with E-state index in [4.69, 9.17) is 4.74 Å². The van der Waals surface area contributed by atoms with Crippen LogP contribution >= 0.6 is 0 Å². The highest BCUT2D eigenvalue weighted by molar-refractivity contribution is 6.04. The van der Waals surface area contributed by atoms with E-state index in [1.54, 1.807) is 17.1 Å². The number of carbonyl (C=O) groups is 1. The van der Waals surface area contributed by atoms with Crippen molar-refractivity contribution in [1.82, 2.24) is 19.7 Å². The highest BCUT2D eigenvalue weighted by atomic mass is 16.5. The maximum atomic E-state index is 12.5. The molecule has 0 radical (unpaired) electrons. The average molecular weight is 391 g/mol. The Bertz CT molecular complexity index is 928. The van der Waals surface area contributed by atoms with Gasteiger partial charge in [0.2, 0.25) is 0 Å². The number of pyridine rings is 1. The van der Waals surface area contributed by atoms with Crippen molar-refractivity contribution in [2.75, 3.05) is 18.4 Å². The predicted molar refractivity (Wildman–Crippen MR) is 111 cm³/mol. The standard InChI is InChI=1S/C22H25N5O2/c1-16-13-26(14-17(2)29-16)15-18-4-6-19(7-5-18)22(28)25-20-8-9-21(23-12-20)27-11-3-10-24-27/h3-12,16-17H,13-15H2,1-2H3,(H,25,28). The van der Waals surface area contributed by atoms with Crippen LogP contribution in [0.25, 0.3) is 5.82 Å². The summed E-state index contributed by atoms with van der Waals surface area (Å²) in [5.41, 5.74) is 2.45. The van der Waals surface area contributed by atoms with E-state index in [9.17, 15) is 4.79 Å². The fourth-order valence-electron chi connectivity index (χ4n) is 3.64. The van der Waals surface area contributed by atoms with E-state index in [-0.39, 0.29) is 18.1 Å². The maximum absolute atomic E-state index is 12.5. The van der Waals surface area contributed by atoms with Gasteiger partial charge in [-0.1, -0.05) is 12.1 Å². The second-order valence-corrected chi connectivity index (χ2v) is 7.46. The van der Waals surface area contributed by atoms with Gasteiger partial charge in [-0.15, -0.1) is 0 Å². The molecule has 7 nitrogen and oxygen atoms in total. The summed E-state index contributed by atoms with van der Waals surface area (Å²) in [4.78, 5) is 19.3. The van der Waals surface area contributed by atoms with E-state index in [0.717, 1.165) is 19.6 Å². The molecule has 4 rings (SSSR count). The van der Waals surface area contributed by atoms with Crippen molar-refractivity contribution < 1.29 is 9.53 Å². The van der Waals surface area contributed by atoms with Crippen LogP contribution in [0.4, 0.5) is 5.69 Å². The van der Waals surface area contributed by atoms with Crippen LogP contribution in [0.15, 0.2) is 61.1 Å². The van der Waals surface area contributed by atoms with Crippen LogP contribution in [0.3, 0.4) is 0 Å². The first-order valence-electron chi connectivity index (χ1n) is 9.81. The first-order valence-corrected chi connectivity index (χ1v) is 9.81. The van der Waals surface area contributed by atoms with Gasteiger partial charge in [0, 0.05) is 37.6 Å². The Kier molecular flexibility index (Phi) is 5.69. The van der Waals surface area contributed by atoms with Crippen LogP contribution in [0.2, 0.25) is 0 Å². The summed E-state index contributed by atoms with van der Waals surface area (Å²) in [6.07, 6.45) is 5.64. The zero-order valence-electron chi connectivity index (χ0n) is 16.7. The lowest BCUT2D eigenvalue weighted by molar-refractivity contribution is -0.0704. The van der Waals surface area contributed by atoms with Crippen LogP contribution in [0.5, 0.6) is 0 Å². The number of hydrogen-bond donors (Lipinski definition) is 1. The third kappa shape index (κ3) is 4.88. The SMILES string of the molecule is CC1CN(Cc2ccc(C(=O)Nc3ccc(-n4cccn4)nc3)cc2)CC(C)O1. The molecule has 0 aliphatic carbocycles. The Labute approximate surface area is 170 Å². The lowest BCUT2D eigenvalue weighted by Crippen LogP contribution is -2.44. The molecule has 1 aliphatic rings. The highest BCUT2D eigenvalue weighted by Crippen LogP contribution is 2.16. The quantitative estimate of drug-likeness (QED) is 0.723. The van der Waals surface area contributed by atoms with Crippen LogP contribution in [0, 0.1) is 0 Å². The number of ether oxygens (including phenoxy) is 1. The van der Waals surface area contributed by atoms with Crippen molar-refractivity contribution in [2.45, 2.75) is 32.6 Å². The van der Waals surface area contributed by atoms with Crippen molar-refractivity contribution in [2.24, 2.45) is 0 Å². The number of anilines is 1. The maximum Gasteiger partial charge on any atom is 0.255 e. The smallest absolute Gasteiger partial charge is 0.255 e. The third-order valence-electron chi connectivity index (χ3n) is 4.86. The van der Waals surface area contributed by atoms with E-state index < -0.39 is 0 Å². The predicted octanol–water partition coefficient (Wildman–Crippen LogP) is 3.13. The molecule has 3 aromatic rings. The number of hydrogen-bond acceptors (Lipinski definition) is 5. The average Bonchev–Trinajstić information content (AvgIpc) is 3.23. The molecule has 1 aromatic carbocycles. The van der Waals surface area contributed by atoms with Gasteiger partial charge in [-0.05, 0) is 49.7 Å². The van der Waals surface area contributed by atoms with Gasteiger partial charge in [0.1, 0.15) is 0 Å². The fourth-order valence-corrected chi connectivity index (χ4v) is 3.64. The number of carbonyl (C=O) groups excluding carboxylic acids is 1. The lowest BCUT2D eigenvalue weighted by atomic mass is 10.1. The first kappa shape index (κ1) is 19.3. The Morgan fingerprint density at radius 2 is 1.90 bits per heavy atom. The van der Waals surface area contributed by atoms with Gasteiger partial charge in [0.15, 0.2) is 5.82 Å². The Morgan fingerprint density at radius 1 is 1.14 bits per heavy atom. The number of morpholine rings is 1. The molecule has 2 atom stereocenters.